The molecule has 1 amide bonds. The van der Waals surface area contributed by atoms with Gasteiger partial charge in [0, 0.05) is 18.7 Å². The first kappa shape index (κ1) is 19.4. The molecule has 3 aromatic rings. The number of ether oxygens (including phenoxy) is 2. The molecule has 1 aromatic heterocycles. The Balaban J connectivity index is 1.64. The number of benzene rings is 2. The molecule has 0 saturated carbocycles. The predicted octanol–water partition coefficient (Wildman–Crippen LogP) is 3.56. The summed E-state index contributed by atoms with van der Waals surface area (Å²) in [5.41, 5.74) is 0.860. The van der Waals surface area contributed by atoms with Crippen molar-refractivity contribution in [1.29, 1.82) is 0 Å². The van der Waals surface area contributed by atoms with E-state index in [0.717, 1.165) is 5.56 Å². The number of hydrogen-bond donors (Lipinski definition) is 0. The molecule has 7 heteroatoms. The van der Waals surface area contributed by atoms with Gasteiger partial charge in [-0.15, -0.1) is 0 Å². The summed E-state index contributed by atoms with van der Waals surface area (Å²) >= 11 is 0. The summed E-state index contributed by atoms with van der Waals surface area (Å²) < 4.78 is 16.3. The summed E-state index contributed by atoms with van der Waals surface area (Å²) in [4.78, 5) is 18.7. The monoisotopic (exact) mass is 381 g/mol. The third-order valence-electron chi connectivity index (χ3n) is 4.21. The van der Waals surface area contributed by atoms with E-state index in [1.165, 1.54) is 4.90 Å². The normalized spacial score (nSPS) is 11.7. The molecule has 0 N–H and O–H groups in total. The van der Waals surface area contributed by atoms with Crippen molar-refractivity contribution in [2.24, 2.45) is 0 Å². The van der Waals surface area contributed by atoms with E-state index in [1.807, 2.05) is 49.4 Å². The number of aromatic nitrogens is 2. The lowest BCUT2D eigenvalue weighted by atomic mass is 10.2. The van der Waals surface area contributed by atoms with Crippen LogP contribution in [0, 0.1) is 0 Å². The molecule has 0 fully saturated rings. The summed E-state index contributed by atoms with van der Waals surface area (Å²) in [5.74, 6) is 1.96. The number of likely N-dealkylation sites (N-methyl/N-ethyl adjacent to an activating group) is 1. The molecular formula is C21H23N3O4. The lowest BCUT2D eigenvalue weighted by Gasteiger charge is -2.22. The molecule has 3 rings (SSSR count). The Bertz CT molecular complexity index is 911. The first-order valence-electron chi connectivity index (χ1n) is 9.04. The van der Waals surface area contributed by atoms with Gasteiger partial charge in [0.15, 0.2) is 6.10 Å². The summed E-state index contributed by atoms with van der Waals surface area (Å²) in [6.45, 7) is 2.10. The van der Waals surface area contributed by atoms with Crippen molar-refractivity contribution in [2.45, 2.75) is 26.0 Å². The molecule has 0 aliphatic carbocycles. The van der Waals surface area contributed by atoms with Crippen LogP contribution in [-0.2, 0) is 11.3 Å². The van der Waals surface area contributed by atoms with Crippen molar-refractivity contribution in [2.75, 3.05) is 14.2 Å². The summed E-state index contributed by atoms with van der Waals surface area (Å²) in [7, 11) is 3.27. The largest absolute Gasteiger partial charge is 0.497 e. The molecule has 0 aliphatic rings. The summed E-state index contributed by atoms with van der Waals surface area (Å²) in [6.07, 6.45) is -0.0898. The minimum atomic E-state index is -0.617. The second-order valence-electron chi connectivity index (χ2n) is 6.27. The Morgan fingerprint density at radius 1 is 1.14 bits per heavy atom. The van der Waals surface area contributed by atoms with Gasteiger partial charge in [0.05, 0.1) is 13.7 Å². The van der Waals surface area contributed by atoms with E-state index in [1.54, 1.807) is 26.3 Å². The maximum Gasteiger partial charge on any atom is 0.263 e. The van der Waals surface area contributed by atoms with Gasteiger partial charge in [-0.25, -0.2) is 0 Å². The molecule has 1 heterocycles. The number of amides is 1. The maximum absolute atomic E-state index is 12.8. The first-order valence-corrected chi connectivity index (χ1v) is 9.04. The Morgan fingerprint density at radius 3 is 2.61 bits per heavy atom. The van der Waals surface area contributed by atoms with Crippen LogP contribution in [0.25, 0.3) is 11.4 Å². The molecule has 0 aliphatic heterocycles. The zero-order chi connectivity index (χ0) is 19.9. The van der Waals surface area contributed by atoms with Crippen molar-refractivity contribution in [3.63, 3.8) is 0 Å². The van der Waals surface area contributed by atoms with Crippen molar-refractivity contribution in [1.82, 2.24) is 15.0 Å². The molecule has 2 aromatic carbocycles. The van der Waals surface area contributed by atoms with Gasteiger partial charge < -0.3 is 18.9 Å². The van der Waals surface area contributed by atoms with Crippen LogP contribution >= 0.6 is 0 Å². The Labute approximate surface area is 163 Å². The van der Waals surface area contributed by atoms with Gasteiger partial charge in [0.1, 0.15) is 11.5 Å². The van der Waals surface area contributed by atoms with Crippen LogP contribution < -0.4 is 9.47 Å². The Kier molecular flexibility index (Phi) is 6.26. The van der Waals surface area contributed by atoms with Gasteiger partial charge in [-0.05, 0) is 18.6 Å². The number of rotatable bonds is 8. The first-order chi connectivity index (χ1) is 13.6. The lowest BCUT2D eigenvalue weighted by molar-refractivity contribution is -0.138. The highest BCUT2D eigenvalue weighted by molar-refractivity contribution is 5.81. The van der Waals surface area contributed by atoms with Crippen molar-refractivity contribution < 1.29 is 18.8 Å². The summed E-state index contributed by atoms with van der Waals surface area (Å²) in [6, 6.07) is 16.7. The fourth-order valence-corrected chi connectivity index (χ4v) is 2.70. The molecule has 0 unspecified atom stereocenters. The van der Waals surface area contributed by atoms with E-state index in [4.69, 9.17) is 14.0 Å². The van der Waals surface area contributed by atoms with Crippen LogP contribution in [0.1, 0.15) is 19.2 Å². The van der Waals surface area contributed by atoms with E-state index in [-0.39, 0.29) is 12.5 Å². The van der Waals surface area contributed by atoms with Gasteiger partial charge in [-0.2, -0.15) is 4.98 Å². The zero-order valence-corrected chi connectivity index (χ0v) is 16.2. The molecule has 7 nitrogen and oxygen atoms in total. The van der Waals surface area contributed by atoms with Gasteiger partial charge >= 0.3 is 0 Å². The standard InChI is InChI=1S/C21H23N3O4/c1-4-18(27-17-12-8-11-16(13-17)26-3)21(25)24(2)14-19-22-20(23-28-19)15-9-6-5-7-10-15/h5-13,18H,4,14H2,1-3H3/t18-/m0/s1. The van der Waals surface area contributed by atoms with Crippen LogP contribution in [-0.4, -0.2) is 41.2 Å². The molecule has 0 saturated heterocycles. The molecule has 28 heavy (non-hydrogen) atoms. The van der Waals surface area contributed by atoms with E-state index < -0.39 is 6.10 Å². The summed E-state index contributed by atoms with van der Waals surface area (Å²) in [5, 5.41) is 3.98. The third-order valence-corrected chi connectivity index (χ3v) is 4.21. The number of hydrogen-bond acceptors (Lipinski definition) is 6. The Morgan fingerprint density at radius 2 is 1.89 bits per heavy atom. The minimum Gasteiger partial charge on any atom is -0.497 e. The van der Waals surface area contributed by atoms with Gasteiger partial charge in [0.2, 0.25) is 11.7 Å². The second kappa shape index (κ2) is 9.03. The zero-order valence-electron chi connectivity index (χ0n) is 16.2. The van der Waals surface area contributed by atoms with Crippen molar-refractivity contribution in [3.8, 4) is 22.9 Å². The molecule has 0 bridgehead atoms. The highest BCUT2D eigenvalue weighted by Crippen LogP contribution is 2.21. The quantitative estimate of drug-likeness (QED) is 0.594. The molecule has 1 atom stereocenters. The average molecular weight is 381 g/mol. The fourth-order valence-electron chi connectivity index (χ4n) is 2.70. The van der Waals surface area contributed by atoms with E-state index in [0.29, 0.717) is 29.6 Å². The van der Waals surface area contributed by atoms with E-state index in [9.17, 15) is 4.79 Å². The second-order valence-corrected chi connectivity index (χ2v) is 6.27. The highest BCUT2D eigenvalue weighted by Gasteiger charge is 2.24. The SMILES string of the molecule is CC[C@H](Oc1cccc(OC)c1)C(=O)N(C)Cc1nc(-c2ccccc2)no1. The third kappa shape index (κ3) is 4.68. The molecule has 146 valence electrons. The number of carbonyl (C=O) groups excluding carboxylic acids is 1. The van der Waals surface area contributed by atoms with Gasteiger partial charge in [-0.3, -0.25) is 4.79 Å². The fraction of sp³-hybridized carbons (Fsp3) is 0.286. The smallest absolute Gasteiger partial charge is 0.263 e. The van der Waals surface area contributed by atoms with Crippen LogP contribution in [0.3, 0.4) is 0 Å². The van der Waals surface area contributed by atoms with Crippen LogP contribution in [0.2, 0.25) is 0 Å². The maximum atomic E-state index is 12.8. The number of methoxy groups -OCH3 is 1. The van der Waals surface area contributed by atoms with Crippen molar-refractivity contribution in [3.05, 3.63) is 60.5 Å². The van der Waals surface area contributed by atoms with E-state index in [2.05, 4.69) is 10.1 Å². The van der Waals surface area contributed by atoms with Gasteiger partial charge in [-0.1, -0.05) is 48.5 Å². The molecular weight excluding hydrogens is 358 g/mol. The average Bonchev–Trinajstić information content (AvgIpc) is 3.20. The molecule has 0 radical (unpaired) electrons. The topological polar surface area (TPSA) is 77.7 Å². The van der Waals surface area contributed by atoms with Crippen LogP contribution in [0.5, 0.6) is 11.5 Å². The van der Waals surface area contributed by atoms with E-state index >= 15 is 0 Å². The van der Waals surface area contributed by atoms with Crippen molar-refractivity contribution >= 4 is 5.91 Å². The van der Waals surface area contributed by atoms with Crippen LogP contribution in [0.15, 0.2) is 59.1 Å². The minimum absolute atomic E-state index is 0.162. The Hall–Kier alpha value is -3.35. The van der Waals surface area contributed by atoms with Crippen LogP contribution in [0.4, 0.5) is 0 Å². The number of nitrogens with zero attached hydrogens (tertiary/aromatic N) is 3. The van der Waals surface area contributed by atoms with Gasteiger partial charge in [0.25, 0.3) is 5.91 Å². The predicted molar refractivity (Wildman–Crippen MR) is 104 cm³/mol. The number of carbonyl (C=O) groups is 1. The lowest BCUT2D eigenvalue weighted by Crippen LogP contribution is -2.39. The molecule has 0 spiro atoms. The highest BCUT2D eigenvalue weighted by atomic mass is 16.5.